The molecule has 0 bridgehead atoms. The minimum absolute atomic E-state index is 0.704. The Hall–Kier alpha value is -1.40. The van der Waals surface area contributed by atoms with Gasteiger partial charge in [0.1, 0.15) is 10.4 Å². The second kappa shape index (κ2) is 3.57. The van der Waals surface area contributed by atoms with Crippen LogP contribution in [0, 0.1) is 6.92 Å². The van der Waals surface area contributed by atoms with Crippen molar-refractivity contribution in [1.82, 2.24) is 10.1 Å². The summed E-state index contributed by atoms with van der Waals surface area (Å²) in [6, 6.07) is 0. The van der Waals surface area contributed by atoms with Crippen molar-refractivity contribution in [2.75, 3.05) is 5.73 Å². The molecule has 0 aromatic carbocycles. The summed E-state index contributed by atoms with van der Waals surface area (Å²) in [5.41, 5.74) is 11.1. The molecular weight excluding hydrogens is 242 g/mol. The predicted molar refractivity (Wildman–Crippen MR) is 66.0 cm³/mol. The average Bonchev–Trinajstić information content (AvgIpc) is 2.93. The lowest BCUT2D eigenvalue weighted by atomic mass is 10.2. The van der Waals surface area contributed by atoms with E-state index in [4.69, 9.17) is 10.3 Å². The van der Waals surface area contributed by atoms with Crippen molar-refractivity contribution in [3.05, 3.63) is 27.2 Å². The normalized spacial score (nSPS) is 11.3. The van der Waals surface area contributed by atoms with Crippen molar-refractivity contribution in [3.63, 3.8) is 0 Å². The monoisotopic (exact) mass is 251 g/mol. The third-order valence-corrected chi connectivity index (χ3v) is 4.21. The first-order valence-electron chi connectivity index (χ1n) is 4.76. The fourth-order valence-electron chi connectivity index (χ4n) is 1.57. The van der Waals surface area contributed by atoms with Crippen LogP contribution in [0.2, 0.25) is 0 Å². The van der Waals surface area contributed by atoms with Gasteiger partial charge in [-0.2, -0.15) is 0 Å². The number of aromatic nitrogens is 2. The van der Waals surface area contributed by atoms with Crippen LogP contribution in [0.1, 0.15) is 16.3 Å². The summed E-state index contributed by atoms with van der Waals surface area (Å²) in [5, 5.41) is 6.07. The van der Waals surface area contributed by atoms with E-state index in [1.807, 2.05) is 17.8 Å². The molecule has 16 heavy (non-hydrogen) atoms. The molecule has 0 atom stereocenters. The minimum atomic E-state index is 0.704. The van der Waals surface area contributed by atoms with Gasteiger partial charge in [0.15, 0.2) is 0 Å². The van der Waals surface area contributed by atoms with E-state index >= 15 is 0 Å². The first-order valence-corrected chi connectivity index (χ1v) is 6.52. The number of fused-ring (bicyclic) bond motifs is 1. The number of thiazole rings is 1. The van der Waals surface area contributed by atoms with E-state index in [9.17, 15) is 0 Å². The van der Waals surface area contributed by atoms with Gasteiger partial charge in [0.2, 0.25) is 5.58 Å². The molecule has 0 aliphatic carbocycles. The average molecular weight is 251 g/mol. The molecule has 6 heteroatoms. The highest BCUT2D eigenvalue weighted by molar-refractivity contribution is 7.19. The summed E-state index contributed by atoms with van der Waals surface area (Å²) in [6.07, 6.45) is 0.704. The fourth-order valence-corrected chi connectivity index (χ4v) is 3.10. The van der Waals surface area contributed by atoms with Gasteiger partial charge in [-0.25, -0.2) is 4.98 Å². The first-order chi connectivity index (χ1) is 7.75. The van der Waals surface area contributed by atoms with Crippen molar-refractivity contribution in [1.29, 1.82) is 0 Å². The molecule has 0 aliphatic heterocycles. The zero-order valence-electron chi connectivity index (χ0n) is 8.56. The van der Waals surface area contributed by atoms with Crippen LogP contribution in [0.4, 0.5) is 5.69 Å². The number of hydrogen-bond donors (Lipinski definition) is 1. The molecule has 0 spiro atoms. The molecule has 0 unspecified atom stereocenters. The van der Waals surface area contributed by atoms with E-state index in [1.54, 1.807) is 22.7 Å². The molecule has 82 valence electrons. The summed E-state index contributed by atoms with van der Waals surface area (Å²) in [6.45, 7) is 1.99. The van der Waals surface area contributed by atoms with Crippen LogP contribution in [0.5, 0.6) is 0 Å². The summed E-state index contributed by atoms with van der Waals surface area (Å²) >= 11 is 3.21. The van der Waals surface area contributed by atoms with E-state index in [1.165, 1.54) is 0 Å². The second-order valence-electron chi connectivity index (χ2n) is 3.52. The molecule has 3 rings (SSSR count). The molecule has 0 saturated heterocycles. The Balaban J connectivity index is 2.07. The number of nitrogen functional groups attached to an aromatic ring is 1. The molecule has 3 aromatic rings. The Morgan fingerprint density at radius 2 is 2.38 bits per heavy atom. The molecule has 0 radical (unpaired) electrons. The van der Waals surface area contributed by atoms with E-state index < -0.39 is 0 Å². The number of anilines is 1. The van der Waals surface area contributed by atoms with Gasteiger partial charge in [-0.1, -0.05) is 5.16 Å². The fraction of sp³-hybridized carbons (Fsp3) is 0.200. The largest absolute Gasteiger partial charge is 0.395 e. The summed E-state index contributed by atoms with van der Waals surface area (Å²) in [7, 11) is 0. The molecule has 0 amide bonds. The van der Waals surface area contributed by atoms with Gasteiger partial charge in [-0.05, 0) is 6.92 Å². The van der Waals surface area contributed by atoms with Crippen molar-refractivity contribution in [2.24, 2.45) is 0 Å². The van der Waals surface area contributed by atoms with Crippen LogP contribution in [0.25, 0.3) is 10.3 Å². The van der Waals surface area contributed by atoms with Gasteiger partial charge in [0.05, 0.1) is 16.9 Å². The van der Waals surface area contributed by atoms with Crippen LogP contribution in [0.15, 0.2) is 15.4 Å². The second-order valence-corrected chi connectivity index (χ2v) is 5.46. The standard InChI is InChI=1S/C10H9N3OS2/c1-5-8(11)9-10(16-5)7(13-14-9)2-6-3-15-4-12-6/h3-4H,2,11H2,1H3. The number of rotatable bonds is 2. The third-order valence-electron chi connectivity index (χ3n) is 2.43. The number of thiophene rings is 1. The number of nitrogens with two attached hydrogens (primary N) is 1. The predicted octanol–water partition coefficient (Wildman–Crippen LogP) is 2.83. The summed E-state index contributed by atoms with van der Waals surface area (Å²) < 4.78 is 6.30. The Labute approximate surface area is 99.7 Å². The van der Waals surface area contributed by atoms with Crippen LogP contribution in [-0.2, 0) is 6.42 Å². The van der Waals surface area contributed by atoms with Crippen molar-refractivity contribution >= 4 is 38.6 Å². The van der Waals surface area contributed by atoms with Gasteiger partial charge in [0, 0.05) is 16.7 Å². The molecule has 0 fully saturated rings. The highest BCUT2D eigenvalue weighted by Crippen LogP contribution is 2.35. The molecule has 0 aliphatic rings. The lowest BCUT2D eigenvalue weighted by molar-refractivity contribution is 0.448. The van der Waals surface area contributed by atoms with E-state index in [2.05, 4.69) is 10.1 Å². The summed E-state index contributed by atoms with van der Waals surface area (Å²) in [4.78, 5) is 5.32. The number of aryl methyl sites for hydroxylation is 1. The van der Waals surface area contributed by atoms with E-state index in [-0.39, 0.29) is 0 Å². The quantitative estimate of drug-likeness (QED) is 0.760. The smallest absolute Gasteiger partial charge is 0.201 e. The number of nitrogens with zero attached hydrogens (tertiary/aromatic N) is 2. The summed E-state index contributed by atoms with van der Waals surface area (Å²) in [5.74, 6) is 0. The highest BCUT2D eigenvalue weighted by Gasteiger charge is 2.16. The van der Waals surface area contributed by atoms with Crippen molar-refractivity contribution in [3.8, 4) is 0 Å². The molecule has 3 heterocycles. The lowest BCUT2D eigenvalue weighted by Gasteiger charge is -1.89. The van der Waals surface area contributed by atoms with Gasteiger partial charge >= 0.3 is 0 Å². The Bertz CT molecular complexity index is 624. The maximum Gasteiger partial charge on any atom is 0.201 e. The molecule has 2 N–H and O–H groups in total. The SMILES string of the molecule is Cc1sc2c(Cc3cscn3)noc2c1N. The van der Waals surface area contributed by atoms with Crippen LogP contribution in [0.3, 0.4) is 0 Å². The molecular formula is C10H9N3OS2. The highest BCUT2D eigenvalue weighted by atomic mass is 32.1. The number of hydrogen-bond acceptors (Lipinski definition) is 6. The van der Waals surface area contributed by atoms with E-state index in [0.29, 0.717) is 17.7 Å². The minimum Gasteiger partial charge on any atom is -0.395 e. The van der Waals surface area contributed by atoms with Gasteiger partial charge in [-0.3, -0.25) is 0 Å². The van der Waals surface area contributed by atoms with Crippen LogP contribution in [-0.4, -0.2) is 10.1 Å². The lowest BCUT2D eigenvalue weighted by Crippen LogP contribution is -1.87. The Morgan fingerprint density at radius 1 is 1.50 bits per heavy atom. The van der Waals surface area contributed by atoms with Gasteiger partial charge in [-0.15, -0.1) is 22.7 Å². The first kappa shape index (κ1) is 9.80. The third kappa shape index (κ3) is 1.42. The Morgan fingerprint density at radius 3 is 3.12 bits per heavy atom. The zero-order valence-corrected chi connectivity index (χ0v) is 10.2. The maximum absolute atomic E-state index is 5.89. The van der Waals surface area contributed by atoms with Crippen molar-refractivity contribution in [2.45, 2.75) is 13.3 Å². The Kier molecular flexibility index (Phi) is 2.19. The van der Waals surface area contributed by atoms with Crippen molar-refractivity contribution < 1.29 is 4.52 Å². The van der Waals surface area contributed by atoms with Gasteiger partial charge < -0.3 is 10.3 Å². The molecule has 0 saturated carbocycles. The van der Waals surface area contributed by atoms with Crippen LogP contribution < -0.4 is 5.73 Å². The zero-order chi connectivity index (χ0) is 11.1. The van der Waals surface area contributed by atoms with E-state index in [0.717, 1.165) is 21.0 Å². The molecule has 4 nitrogen and oxygen atoms in total. The maximum atomic E-state index is 5.89. The molecule has 3 aromatic heterocycles. The topological polar surface area (TPSA) is 64.9 Å². The van der Waals surface area contributed by atoms with Gasteiger partial charge in [0.25, 0.3) is 0 Å². The van der Waals surface area contributed by atoms with Crippen LogP contribution >= 0.6 is 22.7 Å².